The minimum Gasteiger partial charge on any atom is -0.351 e. The fourth-order valence-electron chi connectivity index (χ4n) is 0.875. The van der Waals surface area contributed by atoms with E-state index in [9.17, 15) is 4.79 Å². The second-order valence-corrected chi connectivity index (χ2v) is 4.14. The maximum atomic E-state index is 11.5. The van der Waals surface area contributed by atoms with Gasteiger partial charge in [0.05, 0.1) is 18.0 Å². The van der Waals surface area contributed by atoms with E-state index in [0.29, 0.717) is 16.9 Å². The van der Waals surface area contributed by atoms with Gasteiger partial charge in [-0.25, -0.2) is 0 Å². The highest BCUT2D eigenvalue weighted by Crippen LogP contribution is 2.02. The SMILES string of the molecule is CCC(Br)CNC(=O)c1ccnnc1. The van der Waals surface area contributed by atoms with Gasteiger partial charge in [-0.15, -0.1) is 0 Å². The van der Waals surface area contributed by atoms with Crippen molar-refractivity contribution in [1.82, 2.24) is 15.5 Å². The molecule has 4 nitrogen and oxygen atoms in total. The predicted octanol–water partition coefficient (Wildman–Crippen LogP) is 1.38. The van der Waals surface area contributed by atoms with E-state index in [4.69, 9.17) is 0 Å². The van der Waals surface area contributed by atoms with Crippen LogP contribution in [-0.4, -0.2) is 27.5 Å². The molecule has 1 unspecified atom stereocenters. The minimum atomic E-state index is -0.113. The second-order valence-electron chi connectivity index (χ2n) is 2.85. The first-order chi connectivity index (χ1) is 6.74. The predicted molar refractivity (Wildman–Crippen MR) is 57.4 cm³/mol. The van der Waals surface area contributed by atoms with Gasteiger partial charge in [0.1, 0.15) is 0 Å². The van der Waals surface area contributed by atoms with Gasteiger partial charge in [-0.05, 0) is 12.5 Å². The first-order valence-electron chi connectivity index (χ1n) is 4.43. The van der Waals surface area contributed by atoms with E-state index in [1.54, 1.807) is 6.07 Å². The number of halogens is 1. The molecule has 0 aliphatic heterocycles. The van der Waals surface area contributed by atoms with Gasteiger partial charge in [-0.1, -0.05) is 22.9 Å². The molecular formula is C9H12BrN3O. The average molecular weight is 258 g/mol. The monoisotopic (exact) mass is 257 g/mol. The molecule has 0 aliphatic rings. The largest absolute Gasteiger partial charge is 0.351 e. The second kappa shape index (κ2) is 5.70. The number of rotatable bonds is 4. The Hall–Kier alpha value is -0.970. The Morgan fingerprint density at radius 1 is 1.64 bits per heavy atom. The summed E-state index contributed by atoms with van der Waals surface area (Å²) < 4.78 is 0. The molecule has 0 aliphatic carbocycles. The lowest BCUT2D eigenvalue weighted by molar-refractivity contribution is 0.0953. The van der Waals surface area contributed by atoms with Crippen molar-refractivity contribution < 1.29 is 4.79 Å². The fourth-order valence-corrected chi connectivity index (χ4v) is 1.04. The number of carbonyl (C=O) groups is 1. The molecule has 0 radical (unpaired) electrons. The van der Waals surface area contributed by atoms with Gasteiger partial charge in [0.15, 0.2) is 0 Å². The third kappa shape index (κ3) is 3.41. The summed E-state index contributed by atoms with van der Waals surface area (Å²) in [5.74, 6) is -0.113. The molecule has 1 heterocycles. The summed E-state index contributed by atoms with van der Waals surface area (Å²) in [5, 5.41) is 10.0. The summed E-state index contributed by atoms with van der Waals surface area (Å²) in [6.07, 6.45) is 3.93. The van der Waals surface area contributed by atoms with E-state index in [1.807, 2.05) is 0 Å². The molecule has 5 heteroatoms. The number of aromatic nitrogens is 2. The third-order valence-electron chi connectivity index (χ3n) is 1.77. The van der Waals surface area contributed by atoms with Gasteiger partial charge in [0, 0.05) is 11.4 Å². The van der Waals surface area contributed by atoms with E-state index in [0.717, 1.165) is 6.42 Å². The standard InChI is InChI=1S/C9H12BrN3O/c1-2-8(10)6-11-9(14)7-3-4-12-13-5-7/h3-5,8H,2,6H2,1H3,(H,11,14). The van der Waals surface area contributed by atoms with Crippen LogP contribution in [0.3, 0.4) is 0 Å². The van der Waals surface area contributed by atoms with Crippen molar-refractivity contribution in [3.05, 3.63) is 24.0 Å². The highest BCUT2D eigenvalue weighted by atomic mass is 79.9. The summed E-state index contributed by atoms with van der Waals surface area (Å²) in [6.45, 7) is 2.68. The summed E-state index contributed by atoms with van der Waals surface area (Å²) in [7, 11) is 0. The molecule has 14 heavy (non-hydrogen) atoms. The summed E-state index contributed by atoms with van der Waals surface area (Å²) in [6, 6.07) is 1.64. The zero-order valence-electron chi connectivity index (χ0n) is 7.90. The van der Waals surface area contributed by atoms with Crippen LogP contribution in [0.25, 0.3) is 0 Å². The maximum absolute atomic E-state index is 11.5. The number of hydrogen-bond donors (Lipinski definition) is 1. The number of nitrogens with one attached hydrogen (secondary N) is 1. The molecule has 76 valence electrons. The van der Waals surface area contributed by atoms with Crippen molar-refractivity contribution in [1.29, 1.82) is 0 Å². The first kappa shape index (κ1) is 11.1. The normalized spacial score (nSPS) is 12.1. The summed E-state index contributed by atoms with van der Waals surface area (Å²) in [5.41, 5.74) is 0.538. The molecule has 0 saturated carbocycles. The van der Waals surface area contributed by atoms with E-state index in [1.165, 1.54) is 12.4 Å². The topological polar surface area (TPSA) is 54.9 Å². The Morgan fingerprint density at radius 3 is 3.00 bits per heavy atom. The van der Waals surface area contributed by atoms with Crippen LogP contribution >= 0.6 is 15.9 Å². The highest BCUT2D eigenvalue weighted by Gasteiger charge is 2.06. The molecule has 0 spiro atoms. The minimum absolute atomic E-state index is 0.113. The Kier molecular flexibility index (Phi) is 4.52. The van der Waals surface area contributed by atoms with E-state index in [2.05, 4.69) is 38.4 Å². The lowest BCUT2D eigenvalue weighted by Crippen LogP contribution is -2.29. The van der Waals surface area contributed by atoms with Crippen LogP contribution in [0.15, 0.2) is 18.5 Å². The van der Waals surface area contributed by atoms with Crippen LogP contribution in [0.4, 0.5) is 0 Å². The zero-order valence-corrected chi connectivity index (χ0v) is 9.49. The van der Waals surface area contributed by atoms with Crippen molar-refractivity contribution in [2.45, 2.75) is 18.2 Å². The van der Waals surface area contributed by atoms with Gasteiger partial charge in [-0.2, -0.15) is 10.2 Å². The quantitative estimate of drug-likeness (QED) is 0.830. The first-order valence-corrected chi connectivity index (χ1v) is 5.34. The van der Waals surface area contributed by atoms with E-state index < -0.39 is 0 Å². The van der Waals surface area contributed by atoms with Crippen LogP contribution < -0.4 is 5.32 Å². The van der Waals surface area contributed by atoms with Crippen LogP contribution in [0.2, 0.25) is 0 Å². The van der Waals surface area contributed by atoms with Gasteiger partial charge < -0.3 is 5.32 Å². The zero-order chi connectivity index (χ0) is 10.4. The van der Waals surface area contributed by atoms with Gasteiger partial charge >= 0.3 is 0 Å². The molecular weight excluding hydrogens is 246 g/mol. The lowest BCUT2D eigenvalue weighted by atomic mass is 10.3. The maximum Gasteiger partial charge on any atom is 0.253 e. The average Bonchev–Trinajstić information content (AvgIpc) is 2.26. The summed E-state index contributed by atoms with van der Waals surface area (Å²) >= 11 is 3.44. The third-order valence-corrected chi connectivity index (χ3v) is 2.74. The molecule has 1 amide bonds. The molecule has 1 rings (SSSR count). The van der Waals surface area contributed by atoms with Crippen LogP contribution in [0.5, 0.6) is 0 Å². The van der Waals surface area contributed by atoms with Gasteiger partial charge in [0.2, 0.25) is 0 Å². The molecule has 0 fully saturated rings. The number of carbonyl (C=O) groups excluding carboxylic acids is 1. The molecule has 0 bridgehead atoms. The van der Waals surface area contributed by atoms with Gasteiger partial charge in [-0.3, -0.25) is 4.79 Å². The smallest absolute Gasteiger partial charge is 0.253 e. The van der Waals surface area contributed by atoms with Crippen molar-refractivity contribution in [3.8, 4) is 0 Å². The van der Waals surface area contributed by atoms with Crippen LogP contribution in [0.1, 0.15) is 23.7 Å². The molecule has 1 aromatic heterocycles. The Morgan fingerprint density at radius 2 is 2.43 bits per heavy atom. The van der Waals surface area contributed by atoms with Crippen LogP contribution in [-0.2, 0) is 0 Å². The number of alkyl halides is 1. The Labute approximate surface area is 91.2 Å². The van der Waals surface area contributed by atoms with Gasteiger partial charge in [0.25, 0.3) is 5.91 Å². The van der Waals surface area contributed by atoms with Crippen molar-refractivity contribution >= 4 is 21.8 Å². The lowest BCUT2D eigenvalue weighted by Gasteiger charge is -2.07. The molecule has 0 aromatic carbocycles. The van der Waals surface area contributed by atoms with Crippen molar-refractivity contribution in [2.75, 3.05) is 6.54 Å². The molecule has 1 aromatic rings. The molecule has 0 saturated heterocycles. The van der Waals surface area contributed by atoms with E-state index >= 15 is 0 Å². The fraction of sp³-hybridized carbons (Fsp3) is 0.444. The Bertz CT molecular complexity index is 291. The molecule has 1 N–H and O–H groups in total. The highest BCUT2D eigenvalue weighted by molar-refractivity contribution is 9.09. The van der Waals surface area contributed by atoms with Crippen molar-refractivity contribution in [3.63, 3.8) is 0 Å². The molecule has 1 atom stereocenters. The van der Waals surface area contributed by atoms with E-state index in [-0.39, 0.29) is 5.91 Å². The Balaban J connectivity index is 2.44. The van der Waals surface area contributed by atoms with Crippen LogP contribution in [0, 0.1) is 0 Å². The summed E-state index contributed by atoms with van der Waals surface area (Å²) in [4.78, 5) is 11.8. The van der Waals surface area contributed by atoms with Crippen molar-refractivity contribution in [2.24, 2.45) is 0 Å². The number of nitrogens with zero attached hydrogens (tertiary/aromatic N) is 2. The number of amides is 1. The number of hydrogen-bond acceptors (Lipinski definition) is 3.